The zero-order valence-corrected chi connectivity index (χ0v) is 86.8. The lowest BCUT2D eigenvalue weighted by molar-refractivity contribution is -0.143. The summed E-state index contributed by atoms with van der Waals surface area (Å²) in [5.74, 6) is 6.47. The Bertz CT molecular complexity index is 1990. The summed E-state index contributed by atoms with van der Waals surface area (Å²) in [5.41, 5.74) is 2.28. The van der Waals surface area contributed by atoms with E-state index in [4.69, 9.17) is 4.74 Å². The Labute approximate surface area is 708 Å². The van der Waals surface area contributed by atoms with Crippen molar-refractivity contribution in [3.63, 3.8) is 0 Å². The minimum absolute atomic E-state index is 0.161. The third-order valence-corrected chi connectivity index (χ3v) is 22.2. The fourth-order valence-corrected chi connectivity index (χ4v) is 14.6. The number of fused-ring (bicyclic) bond motifs is 1. The van der Waals surface area contributed by atoms with Crippen molar-refractivity contribution in [2.24, 2.45) is 29.1 Å². The number of hydrogen-bond acceptors (Lipinski definition) is 12. The molecule has 680 valence electrons. The van der Waals surface area contributed by atoms with Gasteiger partial charge < -0.3 is 19.4 Å². The van der Waals surface area contributed by atoms with Gasteiger partial charge in [-0.2, -0.15) is 0 Å². The van der Waals surface area contributed by atoms with E-state index in [-0.39, 0.29) is 5.60 Å². The lowest BCUT2D eigenvalue weighted by atomic mass is 9.71. The molecule has 1 unspecified atom stereocenters. The molecule has 8 aliphatic rings. The average Bonchev–Trinajstić information content (AvgIpc) is 1.45. The Kier molecular flexibility index (Phi) is 100. The topological polar surface area (TPSA) is 86.4 Å². The quantitative estimate of drug-likeness (QED) is 0.236. The molecule has 0 N–H and O–H groups in total. The number of rotatable bonds is 9. The van der Waals surface area contributed by atoms with Crippen molar-refractivity contribution >= 4 is 20.6 Å². The molecule has 1 aromatic carbocycles. The summed E-state index contributed by atoms with van der Waals surface area (Å²) in [6.45, 7) is 118. The van der Waals surface area contributed by atoms with Crippen LogP contribution in [0.2, 0.25) is 0 Å². The molecule has 0 aliphatic carbocycles. The Balaban J connectivity index is -0.000000128. The lowest BCUT2D eigenvalue weighted by Gasteiger charge is -2.49. The van der Waals surface area contributed by atoms with Crippen LogP contribution in [0.4, 0.5) is 0 Å². The number of piperazine rings is 1. The Morgan fingerprint density at radius 3 is 0.973 bits per heavy atom. The predicted octanol–water partition coefficient (Wildman–Crippen LogP) is 25.8. The lowest BCUT2D eigenvalue weighted by Crippen LogP contribution is -2.58. The highest BCUT2D eigenvalue weighted by atomic mass is 32.2. The van der Waals surface area contributed by atoms with Crippen molar-refractivity contribution < 1.29 is 17.4 Å². The molecule has 12 nitrogen and oxygen atoms in total. The smallest absolute Gasteiger partial charge is 0.152 e. The zero-order valence-electron chi connectivity index (χ0n) is 85.1. The fraction of sp³-hybridized carbons (Fsp3) is 0.938. The van der Waals surface area contributed by atoms with Gasteiger partial charge in [0, 0.05) is 143 Å². The Morgan fingerprint density at radius 2 is 0.685 bits per heavy atom. The van der Waals surface area contributed by atoms with Crippen molar-refractivity contribution in [2.75, 3.05) is 134 Å². The maximum absolute atomic E-state index is 11.0. The minimum Gasteiger partial charge on any atom is -0.372 e. The summed E-state index contributed by atoms with van der Waals surface area (Å²) in [4.78, 5) is 20.3. The van der Waals surface area contributed by atoms with E-state index in [0.29, 0.717) is 60.1 Å². The number of likely N-dealkylation sites (tertiary alicyclic amines) is 3. The third-order valence-electron chi connectivity index (χ3n) is 19.3. The van der Waals surface area contributed by atoms with Gasteiger partial charge in [-0.1, -0.05) is 258 Å². The Hall–Kier alpha value is -1.04. The van der Waals surface area contributed by atoms with Gasteiger partial charge in [0.05, 0.1) is 23.7 Å². The van der Waals surface area contributed by atoms with Crippen LogP contribution in [-0.4, -0.2) is 240 Å². The van der Waals surface area contributed by atoms with E-state index in [1.54, 1.807) is 0 Å². The molecule has 0 saturated carbocycles. The molecule has 9 rings (SSSR count). The molecule has 1 aromatic rings. The molecular formula is C97H216N8O4S2. The van der Waals surface area contributed by atoms with Crippen LogP contribution >= 0.6 is 0 Å². The van der Waals surface area contributed by atoms with E-state index in [1.165, 1.54) is 129 Å². The van der Waals surface area contributed by atoms with Crippen LogP contribution in [0.3, 0.4) is 0 Å². The van der Waals surface area contributed by atoms with Crippen molar-refractivity contribution in [1.29, 1.82) is 0 Å². The normalized spacial score (nSPS) is 19.3. The van der Waals surface area contributed by atoms with Gasteiger partial charge in [-0.05, 0) is 222 Å². The van der Waals surface area contributed by atoms with E-state index >= 15 is 0 Å². The second kappa shape index (κ2) is 85.4. The standard InChI is InChI=1S/C15H30N2.C14H28N2O.C10H20N2.C9H12.C7H15NO2S.C7H15NOS.C5H12.3C4H10.9C2H6/c1-13(2)16-9-5-15(6-10-16)7-11-17(12-8-15)14(3)4;1-12(2)15-7-5-14(6-8-15)11-16(13(3)4)9-10-17-14;1-9(2)12-7-6-11-5-3-4-10(11)8-12;1-8(2)9-6-4-3-5-7-9;1-7(2)8-3-5-11(9,10)6-4-8;1-7(2)8-3-5-10(9)6-4-8;1-4-5(2)3;3*1-4(2)3;9*1-2/h13-14H,5-12H2,1-4H3;12-13H,5-11H2,1-4H3;9-10H,3-8H2,1-2H3;3-8H,1-2H3;7H,3-6H2,1-2H3;7H,3-6H2,1-2H3;5H,4H2,1-3H3;3*4H,1-3H3;9*1-2H3. The summed E-state index contributed by atoms with van der Waals surface area (Å²) in [6.07, 6.45) is 12.3. The van der Waals surface area contributed by atoms with Crippen LogP contribution < -0.4 is 0 Å². The van der Waals surface area contributed by atoms with Crippen LogP contribution in [0.1, 0.15) is 388 Å². The molecule has 8 fully saturated rings. The number of benzene rings is 1. The molecule has 8 saturated heterocycles. The van der Waals surface area contributed by atoms with E-state index in [9.17, 15) is 12.6 Å². The molecule has 111 heavy (non-hydrogen) atoms. The highest BCUT2D eigenvalue weighted by Gasteiger charge is 2.41. The molecular weight excluding hydrogens is 1410 g/mol. The number of hydrogen-bond donors (Lipinski definition) is 0. The van der Waals surface area contributed by atoms with Gasteiger partial charge in [0.1, 0.15) is 0 Å². The SMILES string of the molecule is CC.CC.CC.CC.CC.CC.CC.CC.CC.CC(C)C.CC(C)C.CC(C)C.CC(C)N1CCC2(CC1)CCN(C(C)C)CC2.CC(C)N1CCC2(CC1)CN(C(C)C)CCO2.CC(C)N1CCN2CCCC2C1.CC(C)N1CCS(=O)(=O)CC1.CC(C)N1CCS(=O)CC1.CC(C)c1ccccc1.CCC(C)C. The molecule has 2 spiro atoms. The monoisotopic (exact) mass is 1620 g/mol. The van der Waals surface area contributed by atoms with Crippen molar-refractivity contribution in [3.05, 3.63) is 35.9 Å². The average molecular weight is 1620 g/mol. The molecule has 8 heterocycles. The first kappa shape index (κ1) is 131. The summed E-state index contributed by atoms with van der Waals surface area (Å²) >= 11 is 0. The van der Waals surface area contributed by atoms with E-state index in [1.807, 2.05) is 131 Å². The van der Waals surface area contributed by atoms with Crippen LogP contribution in [-0.2, 0) is 25.4 Å². The maximum Gasteiger partial charge on any atom is 0.152 e. The molecule has 14 heteroatoms. The minimum atomic E-state index is -2.69. The Morgan fingerprint density at radius 1 is 0.387 bits per heavy atom. The number of piperidine rings is 3. The molecule has 1 atom stereocenters. The zero-order chi connectivity index (χ0) is 89.2. The molecule has 0 bridgehead atoms. The number of morpholine rings is 1. The summed E-state index contributed by atoms with van der Waals surface area (Å²) in [6, 6.07) is 16.1. The van der Waals surface area contributed by atoms with E-state index < -0.39 is 20.6 Å². The first-order valence-electron chi connectivity index (χ1n) is 47.5. The first-order valence-corrected chi connectivity index (χ1v) is 50.8. The predicted molar refractivity (Wildman–Crippen MR) is 516 cm³/mol. The van der Waals surface area contributed by atoms with Gasteiger partial charge >= 0.3 is 0 Å². The summed E-state index contributed by atoms with van der Waals surface area (Å²) < 4.78 is 39.0. The van der Waals surface area contributed by atoms with Crippen LogP contribution in [0, 0.1) is 29.1 Å². The van der Waals surface area contributed by atoms with E-state index in [0.717, 1.165) is 92.1 Å². The van der Waals surface area contributed by atoms with Gasteiger partial charge in [-0.25, -0.2) is 8.42 Å². The van der Waals surface area contributed by atoms with Gasteiger partial charge in [-0.15, -0.1) is 0 Å². The molecule has 0 amide bonds. The van der Waals surface area contributed by atoms with Crippen LogP contribution in [0.25, 0.3) is 0 Å². The highest BCUT2D eigenvalue weighted by molar-refractivity contribution is 7.91. The number of sulfone groups is 1. The van der Waals surface area contributed by atoms with Crippen molar-refractivity contribution in [3.8, 4) is 0 Å². The summed E-state index contributed by atoms with van der Waals surface area (Å²) in [5, 5.41) is 0. The third kappa shape index (κ3) is 73.8. The van der Waals surface area contributed by atoms with Crippen LogP contribution in [0.5, 0.6) is 0 Å². The van der Waals surface area contributed by atoms with Gasteiger partial charge in [0.2, 0.25) is 0 Å². The van der Waals surface area contributed by atoms with Crippen molar-refractivity contribution in [2.45, 2.75) is 436 Å². The van der Waals surface area contributed by atoms with Crippen molar-refractivity contribution in [1.82, 2.24) is 39.2 Å². The second-order valence-corrected chi connectivity index (χ2v) is 37.2. The first-order chi connectivity index (χ1) is 52.3. The highest BCUT2D eigenvalue weighted by Crippen LogP contribution is 2.42. The molecule has 0 aromatic heterocycles. The van der Waals surface area contributed by atoms with E-state index in [2.05, 4.69) is 257 Å². The molecule has 8 aliphatic heterocycles. The maximum atomic E-state index is 11.0. The number of ether oxygens (including phenoxy) is 1. The largest absolute Gasteiger partial charge is 0.372 e. The molecule has 0 radical (unpaired) electrons. The van der Waals surface area contributed by atoms with Gasteiger partial charge in [-0.3, -0.25) is 28.7 Å². The second-order valence-electron chi connectivity index (χ2n) is 33.2. The summed E-state index contributed by atoms with van der Waals surface area (Å²) in [7, 11) is -3.21. The number of nitrogens with zero attached hydrogens (tertiary/aromatic N) is 8. The van der Waals surface area contributed by atoms with Gasteiger partial charge in [0.25, 0.3) is 0 Å². The van der Waals surface area contributed by atoms with Gasteiger partial charge in [0.15, 0.2) is 9.84 Å². The fourth-order valence-electron chi connectivity index (χ4n) is 12.3. The van der Waals surface area contributed by atoms with Crippen LogP contribution in [0.15, 0.2) is 30.3 Å².